The molecule has 4 rings (SSSR count). The molecular weight excluding hydrogens is 587 g/mol. The van der Waals surface area contributed by atoms with Gasteiger partial charge in [-0.3, -0.25) is 24.1 Å². The Bertz CT molecular complexity index is 1310. The minimum atomic E-state index is -0.713. The molecule has 6 amide bonds. The van der Waals surface area contributed by atoms with Crippen LogP contribution in [-0.2, 0) is 16.0 Å². The maximum Gasteiger partial charge on any atom is 0.317 e. The number of carbonyl (C=O) groups is 5. The van der Waals surface area contributed by atoms with Gasteiger partial charge in [-0.15, -0.1) is 11.8 Å². The molecule has 4 unspecified atom stereocenters. The molecular formula is C31H39N5O5S2. The van der Waals surface area contributed by atoms with E-state index in [2.05, 4.69) is 16.0 Å². The number of likely N-dealkylation sites (tertiary alicyclic amines) is 1. The van der Waals surface area contributed by atoms with Crippen molar-refractivity contribution >= 4 is 54.1 Å². The van der Waals surface area contributed by atoms with Gasteiger partial charge < -0.3 is 20.9 Å². The highest BCUT2D eigenvalue weighted by Crippen LogP contribution is 2.33. The number of fused-ring (bicyclic) bond motifs is 1. The number of urea groups is 1. The van der Waals surface area contributed by atoms with Crippen LogP contribution in [0.3, 0.4) is 0 Å². The fraction of sp³-hybridized carbons (Fsp3) is 0.452. The van der Waals surface area contributed by atoms with Crippen LogP contribution in [0.25, 0.3) is 0 Å². The number of hydrogen-bond donors (Lipinski definition) is 4. The normalized spacial score (nSPS) is 19.3. The Morgan fingerprint density at radius 2 is 1.58 bits per heavy atom. The Hall–Kier alpha value is -3.51. The van der Waals surface area contributed by atoms with Crippen LogP contribution in [0, 0.1) is 5.92 Å². The highest BCUT2D eigenvalue weighted by molar-refractivity contribution is 8.02. The van der Waals surface area contributed by atoms with E-state index in [-0.39, 0.29) is 59.2 Å². The lowest BCUT2D eigenvalue weighted by Crippen LogP contribution is -2.50. The van der Waals surface area contributed by atoms with Crippen molar-refractivity contribution in [1.29, 1.82) is 0 Å². The standard InChI is InChI=1S/C31H39N5O5S2/c1-19(2)15-25(28(38)34-23(27(37)32-3)16-20-9-5-4-6-10-20)43-26-18-35(17-24(26)42)31(41)33-13-14-36-29(39)21-11-7-8-12-22(21)30(36)40/h4-12,19,23-26,42H,13-18H2,1-3H3,(H,32,37)(H,33,41)(H,34,38). The fourth-order valence-electron chi connectivity index (χ4n) is 5.25. The molecule has 10 nitrogen and oxygen atoms in total. The highest BCUT2D eigenvalue weighted by atomic mass is 32.2. The molecule has 2 aromatic carbocycles. The summed E-state index contributed by atoms with van der Waals surface area (Å²) in [5.41, 5.74) is 1.69. The van der Waals surface area contributed by atoms with Gasteiger partial charge in [0.15, 0.2) is 0 Å². The van der Waals surface area contributed by atoms with Crippen LogP contribution < -0.4 is 16.0 Å². The molecule has 0 saturated carbocycles. The van der Waals surface area contributed by atoms with Crippen LogP contribution in [0.5, 0.6) is 0 Å². The van der Waals surface area contributed by atoms with Gasteiger partial charge in [-0.2, -0.15) is 12.6 Å². The molecule has 43 heavy (non-hydrogen) atoms. The van der Waals surface area contributed by atoms with Gasteiger partial charge in [-0.05, 0) is 30.0 Å². The van der Waals surface area contributed by atoms with Crippen LogP contribution in [0.15, 0.2) is 54.6 Å². The summed E-state index contributed by atoms with van der Waals surface area (Å²) in [5, 5.41) is 7.73. The van der Waals surface area contributed by atoms with Gasteiger partial charge in [0.05, 0.1) is 16.4 Å². The Morgan fingerprint density at radius 1 is 0.953 bits per heavy atom. The van der Waals surface area contributed by atoms with Crippen LogP contribution in [0.2, 0.25) is 0 Å². The predicted octanol–water partition coefficient (Wildman–Crippen LogP) is 2.60. The van der Waals surface area contributed by atoms with Gasteiger partial charge in [0.25, 0.3) is 11.8 Å². The molecule has 1 saturated heterocycles. The summed E-state index contributed by atoms with van der Waals surface area (Å²) in [6.45, 7) is 5.06. The highest BCUT2D eigenvalue weighted by Gasteiger charge is 2.38. The molecule has 2 heterocycles. The molecule has 0 radical (unpaired) electrons. The minimum absolute atomic E-state index is 0.0700. The Morgan fingerprint density at radius 3 is 2.19 bits per heavy atom. The van der Waals surface area contributed by atoms with Gasteiger partial charge >= 0.3 is 6.03 Å². The smallest absolute Gasteiger partial charge is 0.317 e. The molecule has 2 aliphatic rings. The molecule has 0 bridgehead atoms. The lowest BCUT2D eigenvalue weighted by molar-refractivity contribution is -0.128. The van der Waals surface area contributed by atoms with Crippen molar-refractivity contribution in [2.45, 2.75) is 48.5 Å². The molecule has 0 aliphatic carbocycles. The maximum atomic E-state index is 13.5. The second kappa shape index (κ2) is 14.8. The number of benzene rings is 2. The van der Waals surface area contributed by atoms with Crippen LogP contribution in [-0.4, -0.2) is 94.5 Å². The first-order valence-electron chi connectivity index (χ1n) is 14.5. The number of rotatable bonds is 12. The van der Waals surface area contributed by atoms with E-state index in [1.54, 1.807) is 36.2 Å². The summed E-state index contributed by atoms with van der Waals surface area (Å²) in [5.74, 6) is -0.966. The quantitative estimate of drug-likeness (QED) is 0.212. The van der Waals surface area contributed by atoms with Crippen LogP contribution in [0.1, 0.15) is 46.5 Å². The van der Waals surface area contributed by atoms with Crippen molar-refractivity contribution in [3.63, 3.8) is 0 Å². The van der Waals surface area contributed by atoms with E-state index >= 15 is 0 Å². The number of amides is 6. The molecule has 230 valence electrons. The molecule has 3 N–H and O–H groups in total. The average Bonchev–Trinajstić information content (AvgIpc) is 3.48. The number of hydrogen-bond acceptors (Lipinski definition) is 7. The lowest BCUT2D eigenvalue weighted by Gasteiger charge is -2.26. The second-order valence-corrected chi connectivity index (χ2v) is 13.3. The van der Waals surface area contributed by atoms with Crippen molar-refractivity contribution in [1.82, 2.24) is 25.8 Å². The van der Waals surface area contributed by atoms with Crippen LogP contribution in [0.4, 0.5) is 4.79 Å². The first kappa shape index (κ1) is 32.4. The Balaban J connectivity index is 1.32. The number of nitrogens with zero attached hydrogens (tertiary/aromatic N) is 2. The third kappa shape index (κ3) is 8.11. The number of nitrogens with one attached hydrogen (secondary N) is 3. The second-order valence-electron chi connectivity index (χ2n) is 11.2. The van der Waals surface area contributed by atoms with Crippen molar-refractivity contribution in [3.05, 3.63) is 71.3 Å². The number of likely N-dealkylation sites (N-methyl/N-ethyl adjacent to an activating group) is 1. The zero-order valence-corrected chi connectivity index (χ0v) is 26.3. The van der Waals surface area contributed by atoms with E-state index in [0.717, 1.165) is 10.5 Å². The summed E-state index contributed by atoms with van der Waals surface area (Å²) in [4.78, 5) is 67.1. The molecule has 4 atom stereocenters. The summed E-state index contributed by atoms with van der Waals surface area (Å²) >= 11 is 6.22. The van der Waals surface area contributed by atoms with Gasteiger partial charge in [0.1, 0.15) is 6.04 Å². The lowest BCUT2D eigenvalue weighted by atomic mass is 10.0. The van der Waals surface area contributed by atoms with Crippen molar-refractivity contribution < 1.29 is 24.0 Å². The molecule has 1 fully saturated rings. The first-order chi connectivity index (χ1) is 20.6. The summed E-state index contributed by atoms with van der Waals surface area (Å²) in [6, 6.07) is 15.2. The van der Waals surface area contributed by atoms with E-state index < -0.39 is 11.3 Å². The Labute approximate surface area is 262 Å². The molecule has 2 aromatic rings. The average molecular weight is 626 g/mol. The van der Waals surface area contributed by atoms with E-state index in [0.29, 0.717) is 37.1 Å². The first-order valence-corrected chi connectivity index (χ1v) is 15.9. The molecule has 12 heteroatoms. The third-order valence-corrected chi connectivity index (χ3v) is 9.78. The molecule has 2 aliphatic heterocycles. The summed E-state index contributed by atoms with van der Waals surface area (Å²) < 4.78 is 0. The van der Waals surface area contributed by atoms with Gasteiger partial charge in [-0.25, -0.2) is 4.79 Å². The van der Waals surface area contributed by atoms with Crippen molar-refractivity contribution in [2.75, 3.05) is 33.2 Å². The summed E-state index contributed by atoms with van der Waals surface area (Å²) in [7, 11) is 1.55. The van der Waals surface area contributed by atoms with E-state index in [1.165, 1.54) is 11.8 Å². The SMILES string of the molecule is CNC(=O)C(Cc1ccccc1)NC(=O)C(CC(C)C)SC1CN(C(=O)NCCN2C(=O)c3ccccc3C2=O)CC1S. The van der Waals surface area contributed by atoms with Crippen molar-refractivity contribution in [2.24, 2.45) is 5.92 Å². The monoisotopic (exact) mass is 625 g/mol. The zero-order valence-electron chi connectivity index (χ0n) is 24.6. The predicted molar refractivity (Wildman–Crippen MR) is 170 cm³/mol. The number of thioether (sulfide) groups is 1. The van der Waals surface area contributed by atoms with Crippen molar-refractivity contribution in [3.8, 4) is 0 Å². The van der Waals surface area contributed by atoms with Crippen LogP contribution >= 0.6 is 24.4 Å². The maximum absolute atomic E-state index is 13.5. The number of thiol groups is 1. The van der Waals surface area contributed by atoms with Gasteiger partial charge in [-0.1, -0.05) is 56.3 Å². The number of carbonyl (C=O) groups excluding carboxylic acids is 5. The van der Waals surface area contributed by atoms with Gasteiger partial charge in [0, 0.05) is 50.1 Å². The third-order valence-electron chi connectivity index (χ3n) is 7.49. The number of imide groups is 1. The van der Waals surface area contributed by atoms with Gasteiger partial charge in [0.2, 0.25) is 11.8 Å². The van der Waals surface area contributed by atoms with E-state index in [1.807, 2.05) is 44.2 Å². The summed E-state index contributed by atoms with van der Waals surface area (Å²) in [6.07, 6.45) is 0.977. The molecule has 0 aromatic heterocycles. The largest absolute Gasteiger partial charge is 0.357 e. The molecule has 0 spiro atoms. The fourth-order valence-corrected chi connectivity index (χ4v) is 7.39. The zero-order chi connectivity index (χ0) is 31.1. The van der Waals surface area contributed by atoms with E-state index in [4.69, 9.17) is 12.6 Å². The van der Waals surface area contributed by atoms with E-state index in [9.17, 15) is 24.0 Å². The minimum Gasteiger partial charge on any atom is -0.357 e. The Kier molecular flexibility index (Phi) is 11.1. The topological polar surface area (TPSA) is 128 Å².